The topological polar surface area (TPSA) is 46.2 Å². The van der Waals surface area contributed by atoms with Gasteiger partial charge in [-0.15, -0.1) is 0 Å². The Balaban J connectivity index is 2.73. The molecule has 0 unspecified atom stereocenters. The fraction of sp³-hybridized carbons (Fsp3) is 0.400. The Morgan fingerprint density at radius 1 is 1.27 bits per heavy atom. The van der Waals surface area contributed by atoms with Crippen molar-refractivity contribution in [2.75, 3.05) is 18.8 Å². The van der Waals surface area contributed by atoms with Gasteiger partial charge in [0.15, 0.2) is 9.84 Å². The maximum Gasteiger partial charge on any atom is 0.179 e. The smallest absolute Gasteiger partial charge is 0.179 e. The molecular weight excluding hydrogens is 217 g/mol. The molecule has 1 aromatic rings. The Bertz CT molecular complexity index is 400. The third-order valence-corrected chi connectivity index (χ3v) is 3.70. The van der Waals surface area contributed by atoms with Crippen LogP contribution in [-0.2, 0) is 9.84 Å². The van der Waals surface area contributed by atoms with Gasteiger partial charge in [-0.2, -0.15) is 0 Å². The second kappa shape index (κ2) is 5.23. The van der Waals surface area contributed by atoms with Gasteiger partial charge < -0.3 is 5.32 Å². The third kappa shape index (κ3) is 3.60. The first kappa shape index (κ1) is 12.1. The standard InChI is InChI=1S/C10H14FNO2S/c1-2-12-7-8-15(13,14)10-5-3-9(11)4-6-10/h3-6,12H,2,7-8H2,1H3. The second-order valence-corrected chi connectivity index (χ2v) is 5.24. The van der Waals surface area contributed by atoms with Crippen LogP contribution >= 0.6 is 0 Å². The summed E-state index contributed by atoms with van der Waals surface area (Å²) in [7, 11) is -3.28. The van der Waals surface area contributed by atoms with Gasteiger partial charge in [0.25, 0.3) is 0 Å². The molecule has 0 fully saturated rings. The first-order chi connectivity index (χ1) is 7.06. The highest BCUT2D eigenvalue weighted by atomic mass is 32.2. The number of rotatable bonds is 5. The van der Waals surface area contributed by atoms with E-state index < -0.39 is 15.7 Å². The molecule has 0 aliphatic heterocycles. The summed E-state index contributed by atoms with van der Waals surface area (Å²) in [6.45, 7) is 3.06. The van der Waals surface area contributed by atoms with Gasteiger partial charge in [0.2, 0.25) is 0 Å². The molecule has 0 aliphatic rings. The van der Waals surface area contributed by atoms with Crippen LogP contribution in [0.2, 0.25) is 0 Å². The van der Waals surface area contributed by atoms with Gasteiger partial charge in [0, 0.05) is 6.54 Å². The van der Waals surface area contributed by atoms with Crippen LogP contribution in [-0.4, -0.2) is 27.3 Å². The highest BCUT2D eigenvalue weighted by molar-refractivity contribution is 7.91. The summed E-state index contributed by atoms with van der Waals surface area (Å²) in [5.41, 5.74) is 0. The summed E-state index contributed by atoms with van der Waals surface area (Å²) < 4.78 is 35.9. The zero-order valence-electron chi connectivity index (χ0n) is 8.53. The Morgan fingerprint density at radius 2 is 1.87 bits per heavy atom. The van der Waals surface area contributed by atoms with Crippen molar-refractivity contribution in [2.45, 2.75) is 11.8 Å². The molecule has 0 amide bonds. The van der Waals surface area contributed by atoms with Gasteiger partial charge in [-0.05, 0) is 30.8 Å². The Kier molecular flexibility index (Phi) is 4.23. The Hall–Kier alpha value is -0.940. The molecule has 0 heterocycles. The molecule has 3 nitrogen and oxygen atoms in total. The molecule has 0 bridgehead atoms. The first-order valence-corrected chi connectivity index (χ1v) is 6.40. The fourth-order valence-corrected chi connectivity index (χ4v) is 2.34. The lowest BCUT2D eigenvalue weighted by Gasteiger charge is -2.04. The van der Waals surface area contributed by atoms with Gasteiger partial charge in [-0.25, -0.2) is 12.8 Å². The van der Waals surface area contributed by atoms with Crippen LogP contribution in [0.3, 0.4) is 0 Å². The quantitative estimate of drug-likeness (QED) is 0.612. The molecule has 15 heavy (non-hydrogen) atoms. The van der Waals surface area contributed by atoms with Crippen LogP contribution in [0.1, 0.15) is 6.92 Å². The number of nitrogens with one attached hydrogen (secondary N) is 1. The van der Waals surface area contributed by atoms with Crippen molar-refractivity contribution < 1.29 is 12.8 Å². The van der Waals surface area contributed by atoms with Gasteiger partial charge >= 0.3 is 0 Å². The lowest BCUT2D eigenvalue weighted by molar-refractivity contribution is 0.591. The molecular formula is C10H14FNO2S. The van der Waals surface area contributed by atoms with Crippen LogP contribution < -0.4 is 5.32 Å². The summed E-state index contributed by atoms with van der Waals surface area (Å²) in [5, 5.41) is 2.93. The molecule has 0 spiro atoms. The van der Waals surface area contributed by atoms with Gasteiger partial charge in [0.05, 0.1) is 10.6 Å². The van der Waals surface area contributed by atoms with Crippen LogP contribution in [0.15, 0.2) is 29.2 Å². The molecule has 0 radical (unpaired) electrons. The van der Waals surface area contributed by atoms with Crippen LogP contribution in [0.25, 0.3) is 0 Å². The number of benzene rings is 1. The van der Waals surface area contributed by atoms with E-state index in [1.54, 1.807) is 0 Å². The number of sulfone groups is 1. The van der Waals surface area contributed by atoms with Gasteiger partial charge in [0.1, 0.15) is 5.82 Å². The SMILES string of the molecule is CCNCCS(=O)(=O)c1ccc(F)cc1. The van der Waals surface area contributed by atoms with Crippen LogP contribution in [0, 0.1) is 5.82 Å². The monoisotopic (exact) mass is 231 g/mol. The summed E-state index contributed by atoms with van der Waals surface area (Å²) in [5.74, 6) is -0.396. The zero-order chi connectivity index (χ0) is 11.3. The zero-order valence-corrected chi connectivity index (χ0v) is 9.35. The fourth-order valence-electron chi connectivity index (χ4n) is 1.14. The highest BCUT2D eigenvalue weighted by Gasteiger charge is 2.13. The number of halogens is 1. The van der Waals surface area contributed by atoms with Crippen LogP contribution in [0.4, 0.5) is 4.39 Å². The summed E-state index contributed by atoms with van der Waals surface area (Å²) in [6.07, 6.45) is 0. The Morgan fingerprint density at radius 3 is 2.40 bits per heavy atom. The summed E-state index contributed by atoms with van der Waals surface area (Å²) in [4.78, 5) is 0.168. The summed E-state index contributed by atoms with van der Waals surface area (Å²) >= 11 is 0. The molecule has 0 saturated carbocycles. The lowest BCUT2D eigenvalue weighted by Crippen LogP contribution is -2.22. The van der Waals surface area contributed by atoms with Crippen LogP contribution in [0.5, 0.6) is 0 Å². The van der Waals surface area contributed by atoms with E-state index in [-0.39, 0.29) is 10.6 Å². The van der Waals surface area contributed by atoms with E-state index in [0.29, 0.717) is 6.54 Å². The molecule has 5 heteroatoms. The molecule has 0 aliphatic carbocycles. The van der Waals surface area contributed by atoms with Crippen molar-refractivity contribution in [1.82, 2.24) is 5.32 Å². The van der Waals surface area contributed by atoms with Gasteiger partial charge in [-0.3, -0.25) is 0 Å². The van der Waals surface area contributed by atoms with Crippen molar-refractivity contribution >= 4 is 9.84 Å². The highest BCUT2D eigenvalue weighted by Crippen LogP contribution is 2.11. The minimum atomic E-state index is -3.28. The molecule has 0 atom stereocenters. The Labute approximate surface area is 89.2 Å². The maximum atomic E-state index is 12.6. The van der Waals surface area contributed by atoms with Gasteiger partial charge in [-0.1, -0.05) is 6.92 Å². The molecule has 0 saturated heterocycles. The van der Waals surface area contributed by atoms with Crippen molar-refractivity contribution in [3.8, 4) is 0 Å². The van der Waals surface area contributed by atoms with E-state index in [1.807, 2.05) is 6.92 Å². The van der Waals surface area contributed by atoms with E-state index in [4.69, 9.17) is 0 Å². The maximum absolute atomic E-state index is 12.6. The summed E-state index contributed by atoms with van der Waals surface area (Å²) in [6, 6.07) is 4.88. The average molecular weight is 231 g/mol. The molecule has 84 valence electrons. The molecule has 1 N–H and O–H groups in total. The van der Waals surface area contributed by atoms with Crippen molar-refractivity contribution in [2.24, 2.45) is 0 Å². The van der Waals surface area contributed by atoms with Crippen molar-refractivity contribution in [3.63, 3.8) is 0 Å². The molecule has 0 aromatic heterocycles. The van der Waals surface area contributed by atoms with Crippen molar-refractivity contribution in [1.29, 1.82) is 0 Å². The predicted octanol–water partition coefficient (Wildman–Crippen LogP) is 1.21. The predicted molar refractivity (Wildman–Crippen MR) is 57.0 cm³/mol. The number of hydrogen-bond acceptors (Lipinski definition) is 3. The van der Waals surface area contributed by atoms with E-state index in [1.165, 1.54) is 12.1 Å². The lowest BCUT2D eigenvalue weighted by atomic mass is 10.4. The largest absolute Gasteiger partial charge is 0.316 e. The van der Waals surface area contributed by atoms with E-state index >= 15 is 0 Å². The first-order valence-electron chi connectivity index (χ1n) is 4.75. The average Bonchev–Trinajstić information content (AvgIpc) is 2.18. The van der Waals surface area contributed by atoms with E-state index in [2.05, 4.69) is 5.32 Å². The molecule has 1 aromatic carbocycles. The van der Waals surface area contributed by atoms with E-state index in [0.717, 1.165) is 18.7 Å². The second-order valence-electron chi connectivity index (χ2n) is 3.13. The third-order valence-electron chi connectivity index (χ3n) is 1.97. The number of hydrogen-bond donors (Lipinski definition) is 1. The minimum absolute atomic E-state index is 0.0342. The van der Waals surface area contributed by atoms with E-state index in [9.17, 15) is 12.8 Å². The normalized spacial score (nSPS) is 11.6. The van der Waals surface area contributed by atoms with Crippen molar-refractivity contribution in [3.05, 3.63) is 30.1 Å². The minimum Gasteiger partial charge on any atom is -0.316 e. The molecule has 1 rings (SSSR count).